The SMILES string of the molecule is CCc1c2nc(-c3cc(S(=O)(=O)N4CCN(c5ccccn5)CC4)cnc3OC(C)COC)[nH]c(=O)c2nn1C. The predicted octanol–water partition coefficient (Wildman–Crippen LogP) is 1.60. The summed E-state index contributed by atoms with van der Waals surface area (Å²) in [6, 6.07) is 7.10. The van der Waals surface area contributed by atoms with E-state index >= 15 is 0 Å². The molecule has 0 saturated carbocycles. The van der Waals surface area contributed by atoms with Crippen molar-refractivity contribution < 1.29 is 17.9 Å². The predicted molar refractivity (Wildman–Crippen MR) is 149 cm³/mol. The first-order chi connectivity index (χ1) is 19.2. The summed E-state index contributed by atoms with van der Waals surface area (Å²) in [5.41, 5.74) is 1.24. The highest BCUT2D eigenvalue weighted by atomic mass is 32.2. The Kier molecular flexibility index (Phi) is 7.83. The van der Waals surface area contributed by atoms with E-state index in [0.29, 0.717) is 25.0 Å². The molecule has 1 fully saturated rings. The summed E-state index contributed by atoms with van der Waals surface area (Å²) in [5, 5.41) is 4.30. The molecule has 212 valence electrons. The molecule has 5 rings (SSSR count). The Morgan fingerprint density at radius 1 is 1.12 bits per heavy atom. The second-order valence-corrected chi connectivity index (χ2v) is 11.5. The van der Waals surface area contributed by atoms with Crippen LogP contribution < -0.4 is 15.2 Å². The van der Waals surface area contributed by atoms with Crippen LogP contribution in [0.25, 0.3) is 22.4 Å². The summed E-state index contributed by atoms with van der Waals surface area (Å²) in [6.07, 6.45) is 3.21. The van der Waals surface area contributed by atoms with Crippen LogP contribution in [0.3, 0.4) is 0 Å². The average Bonchev–Trinajstić information content (AvgIpc) is 3.29. The number of nitrogens with zero attached hydrogens (tertiary/aromatic N) is 7. The highest BCUT2D eigenvalue weighted by Crippen LogP contribution is 2.31. The third-order valence-electron chi connectivity index (χ3n) is 6.79. The molecule has 1 atom stereocenters. The monoisotopic (exact) mass is 568 g/mol. The number of methoxy groups -OCH3 is 1. The van der Waals surface area contributed by atoms with Crippen LogP contribution in [-0.4, -0.2) is 88.4 Å². The molecule has 0 aromatic carbocycles. The fraction of sp³-hybridized carbons (Fsp3) is 0.423. The molecule has 1 aliphatic heterocycles. The van der Waals surface area contributed by atoms with E-state index in [4.69, 9.17) is 9.47 Å². The van der Waals surface area contributed by atoms with Crippen molar-refractivity contribution in [2.75, 3.05) is 44.8 Å². The van der Waals surface area contributed by atoms with Crippen molar-refractivity contribution in [2.45, 2.75) is 31.3 Å². The quantitative estimate of drug-likeness (QED) is 0.316. The number of rotatable bonds is 9. The third-order valence-corrected chi connectivity index (χ3v) is 8.65. The molecule has 0 amide bonds. The lowest BCUT2D eigenvalue weighted by molar-refractivity contribution is 0.0893. The van der Waals surface area contributed by atoms with E-state index in [1.807, 2.05) is 30.0 Å². The largest absolute Gasteiger partial charge is 0.472 e. The number of aryl methyl sites for hydroxylation is 2. The summed E-state index contributed by atoms with van der Waals surface area (Å²) in [7, 11) is -0.600. The van der Waals surface area contributed by atoms with E-state index in [1.165, 1.54) is 16.6 Å². The van der Waals surface area contributed by atoms with Crippen molar-refractivity contribution in [1.82, 2.24) is 34.0 Å². The van der Waals surface area contributed by atoms with Crippen molar-refractivity contribution in [2.24, 2.45) is 7.05 Å². The van der Waals surface area contributed by atoms with Gasteiger partial charge < -0.3 is 19.4 Å². The molecule has 1 saturated heterocycles. The van der Waals surface area contributed by atoms with E-state index in [1.54, 1.807) is 32.0 Å². The van der Waals surface area contributed by atoms with Gasteiger partial charge in [0.1, 0.15) is 28.2 Å². The number of pyridine rings is 2. The van der Waals surface area contributed by atoms with E-state index in [0.717, 1.165) is 11.5 Å². The lowest BCUT2D eigenvalue weighted by Crippen LogP contribution is -2.48. The highest BCUT2D eigenvalue weighted by molar-refractivity contribution is 7.89. The highest BCUT2D eigenvalue weighted by Gasteiger charge is 2.31. The zero-order valence-corrected chi connectivity index (χ0v) is 23.7. The summed E-state index contributed by atoms with van der Waals surface area (Å²) < 4.78 is 41.7. The van der Waals surface area contributed by atoms with E-state index in [2.05, 4.69) is 25.0 Å². The third kappa shape index (κ3) is 5.29. The molecule has 1 unspecified atom stereocenters. The average molecular weight is 569 g/mol. The number of sulfonamides is 1. The molecular formula is C26H32N8O5S. The number of hydrogen-bond donors (Lipinski definition) is 1. The zero-order chi connectivity index (χ0) is 28.4. The first-order valence-electron chi connectivity index (χ1n) is 13.0. The Morgan fingerprint density at radius 3 is 2.58 bits per heavy atom. The van der Waals surface area contributed by atoms with Crippen molar-refractivity contribution >= 4 is 26.9 Å². The first-order valence-corrected chi connectivity index (χ1v) is 14.4. The Hall–Kier alpha value is -3.88. The Labute approximate surface area is 231 Å². The summed E-state index contributed by atoms with van der Waals surface area (Å²) in [4.78, 5) is 31.2. The minimum atomic E-state index is -3.91. The van der Waals surface area contributed by atoms with Crippen LogP contribution in [0.15, 0.2) is 46.3 Å². The molecule has 14 heteroatoms. The lowest BCUT2D eigenvalue weighted by Gasteiger charge is -2.34. The summed E-state index contributed by atoms with van der Waals surface area (Å²) >= 11 is 0. The minimum Gasteiger partial charge on any atom is -0.472 e. The molecule has 4 aromatic rings. The summed E-state index contributed by atoms with van der Waals surface area (Å²) in [6.45, 7) is 5.60. The minimum absolute atomic E-state index is 0.0230. The van der Waals surface area contributed by atoms with Gasteiger partial charge in [0.2, 0.25) is 15.9 Å². The van der Waals surface area contributed by atoms with E-state index in [-0.39, 0.29) is 47.4 Å². The number of nitrogens with one attached hydrogen (secondary N) is 1. The van der Waals surface area contributed by atoms with Gasteiger partial charge in [0.15, 0.2) is 5.52 Å². The maximum atomic E-state index is 13.7. The molecule has 0 spiro atoms. The van der Waals surface area contributed by atoms with Crippen LogP contribution in [0.1, 0.15) is 19.5 Å². The standard InChI is InChI=1S/C26H32N8O5S/c1-5-20-22-23(31-32(20)3)25(35)30-24(29-22)19-14-18(15-28-26(19)39-17(2)16-38-4)40(36,37)34-12-10-33(11-13-34)21-8-6-7-9-27-21/h6-9,14-15,17H,5,10-13,16H2,1-4H3,(H,29,30,35). The van der Waals surface area contributed by atoms with Gasteiger partial charge in [0, 0.05) is 46.5 Å². The van der Waals surface area contributed by atoms with Gasteiger partial charge in [0.05, 0.1) is 24.1 Å². The van der Waals surface area contributed by atoms with E-state index < -0.39 is 21.7 Å². The molecule has 13 nitrogen and oxygen atoms in total. The second-order valence-electron chi connectivity index (χ2n) is 9.52. The van der Waals surface area contributed by atoms with Gasteiger partial charge in [-0.1, -0.05) is 13.0 Å². The topological polar surface area (TPSA) is 148 Å². The number of aromatic amines is 1. The Morgan fingerprint density at radius 2 is 1.90 bits per heavy atom. The Balaban J connectivity index is 1.53. The van der Waals surface area contributed by atoms with Crippen molar-refractivity contribution in [3.8, 4) is 17.3 Å². The van der Waals surface area contributed by atoms with Crippen LogP contribution in [0.5, 0.6) is 5.88 Å². The van der Waals surface area contributed by atoms with Crippen molar-refractivity contribution in [3.05, 3.63) is 52.7 Å². The second kappa shape index (κ2) is 11.3. The van der Waals surface area contributed by atoms with Crippen molar-refractivity contribution in [3.63, 3.8) is 0 Å². The molecule has 0 aliphatic carbocycles. The molecule has 4 aromatic heterocycles. The fourth-order valence-corrected chi connectivity index (χ4v) is 6.19. The molecule has 5 heterocycles. The number of H-pyrrole nitrogens is 1. The van der Waals surface area contributed by atoms with Crippen molar-refractivity contribution in [1.29, 1.82) is 0 Å². The van der Waals surface area contributed by atoms with Gasteiger partial charge in [-0.15, -0.1) is 0 Å². The molecule has 0 bridgehead atoms. The molecule has 0 radical (unpaired) electrons. The lowest BCUT2D eigenvalue weighted by atomic mass is 10.2. The number of fused-ring (bicyclic) bond motifs is 1. The number of hydrogen-bond acceptors (Lipinski definition) is 10. The number of ether oxygens (including phenoxy) is 2. The van der Waals surface area contributed by atoms with Crippen LogP contribution in [0.2, 0.25) is 0 Å². The maximum absolute atomic E-state index is 13.7. The number of anilines is 1. The van der Waals surface area contributed by atoms with Gasteiger partial charge >= 0.3 is 0 Å². The van der Waals surface area contributed by atoms with Crippen LogP contribution in [0, 0.1) is 0 Å². The molecule has 1 aliphatic rings. The van der Waals surface area contributed by atoms with Gasteiger partial charge in [-0.25, -0.2) is 23.4 Å². The van der Waals surface area contributed by atoms with Gasteiger partial charge in [-0.2, -0.15) is 9.40 Å². The van der Waals surface area contributed by atoms with Crippen LogP contribution in [0.4, 0.5) is 5.82 Å². The van der Waals surface area contributed by atoms with Gasteiger partial charge in [-0.05, 0) is 31.5 Å². The molecule has 1 N–H and O–H groups in total. The van der Waals surface area contributed by atoms with Gasteiger partial charge in [-0.3, -0.25) is 9.48 Å². The van der Waals surface area contributed by atoms with Gasteiger partial charge in [0.25, 0.3) is 5.56 Å². The number of aromatic nitrogens is 6. The fourth-order valence-electron chi connectivity index (χ4n) is 4.79. The van der Waals surface area contributed by atoms with Crippen LogP contribution >= 0.6 is 0 Å². The van der Waals surface area contributed by atoms with Crippen LogP contribution in [-0.2, 0) is 28.2 Å². The maximum Gasteiger partial charge on any atom is 0.279 e. The normalized spacial score (nSPS) is 15.4. The van der Waals surface area contributed by atoms with E-state index in [9.17, 15) is 13.2 Å². The first kappa shape index (κ1) is 27.7. The molecular weight excluding hydrogens is 536 g/mol. The smallest absolute Gasteiger partial charge is 0.279 e. The Bertz CT molecular complexity index is 1660. The molecule has 40 heavy (non-hydrogen) atoms. The summed E-state index contributed by atoms with van der Waals surface area (Å²) in [5.74, 6) is 1.08. The number of piperazine rings is 1. The zero-order valence-electron chi connectivity index (χ0n) is 22.9.